The molecule has 22 heavy (non-hydrogen) atoms. The molecule has 0 bridgehead atoms. The summed E-state index contributed by atoms with van der Waals surface area (Å²) in [6.45, 7) is 4.75. The minimum atomic E-state index is -3.37. The SMILES string of the molecule is Cc1ccc(S(=O)(=O)N2CC3(CCCCC3)CCC2C)cc1. The molecule has 1 saturated heterocycles. The molecule has 0 N–H and O–H groups in total. The molecule has 1 spiro atoms. The van der Waals surface area contributed by atoms with Crippen molar-refractivity contribution in [3.63, 3.8) is 0 Å². The first-order chi connectivity index (χ1) is 10.4. The van der Waals surface area contributed by atoms with Gasteiger partial charge < -0.3 is 0 Å². The number of hydrogen-bond acceptors (Lipinski definition) is 2. The highest BCUT2D eigenvalue weighted by Crippen LogP contribution is 2.45. The van der Waals surface area contributed by atoms with E-state index in [-0.39, 0.29) is 11.5 Å². The van der Waals surface area contributed by atoms with Crippen molar-refractivity contribution in [2.45, 2.75) is 69.7 Å². The Balaban J connectivity index is 1.89. The third-order valence-corrected chi connectivity index (χ3v) is 7.59. The fourth-order valence-electron chi connectivity index (χ4n) is 4.10. The summed E-state index contributed by atoms with van der Waals surface area (Å²) in [5.41, 5.74) is 1.33. The minimum Gasteiger partial charge on any atom is -0.207 e. The number of benzene rings is 1. The lowest BCUT2D eigenvalue weighted by Gasteiger charge is -2.47. The van der Waals surface area contributed by atoms with Crippen molar-refractivity contribution in [1.82, 2.24) is 4.31 Å². The molecule has 0 amide bonds. The maximum Gasteiger partial charge on any atom is 0.243 e. The van der Waals surface area contributed by atoms with Gasteiger partial charge >= 0.3 is 0 Å². The number of hydrogen-bond donors (Lipinski definition) is 0. The summed E-state index contributed by atoms with van der Waals surface area (Å²) in [6.07, 6.45) is 8.39. The lowest BCUT2D eigenvalue weighted by atomic mass is 9.69. The van der Waals surface area contributed by atoms with Crippen LogP contribution in [-0.4, -0.2) is 25.3 Å². The van der Waals surface area contributed by atoms with Gasteiger partial charge in [0.15, 0.2) is 0 Å². The van der Waals surface area contributed by atoms with Crippen LogP contribution in [0.15, 0.2) is 29.2 Å². The van der Waals surface area contributed by atoms with Gasteiger partial charge in [-0.1, -0.05) is 37.0 Å². The van der Waals surface area contributed by atoms with Gasteiger partial charge in [0.25, 0.3) is 0 Å². The zero-order valence-electron chi connectivity index (χ0n) is 13.7. The number of aryl methyl sites for hydroxylation is 1. The maximum absolute atomic E-state index is 13.1. The monoisotopic (exact) mass is 321 g/mol. The van der Waals surface area contributed by atoms with E-state index in [2.05, 4.69) is 6.92 Å². The van der Waals surface area contributed by atoms with Crippen LogP contribution in [0.4, 0.5) is 0 Å². The van der Waals surface area contributed by atoms with Crippen molar-refractivity contribution >= 4 is 10.0 Å². The average molecular weight is 321 g/mol. The van der Waals surface area contributed by atoms with E-state index in [0.29, 0.717) is 11.4 Å². The Labute approximate surface area is 134 Å². The van der Waals surface area contributed by atoms with Crippen LogP contribution in [0.5, 0.6) is 0 Å². The van der Waals surface area contributed by atoms with Crippen LogP contribution >= 0.6 is 0 Å². The summed E-state index contributed by atoms with van der Waals surface area (Å²) in [5, 5.41) is 0. The van der Waals surface area contributed by atoms with Crippen LogP contribution in [0.1, 0.15) is 57.4 Å². The van der Waals surface area contributed by atoms with Gasteiger partial charge in [0.05, 0.1) is 4.90 Å². The topological polar surface area (TPSA) is 37.4 Å². The highest BCUT2D eigenvalue weighted by molar-refractivity contribution is 7.89. The van der Waals surface area contributed by atoms with E-state index in [9.17, 15) is 8.42 Å². The van der Waals surface area contributed by atoms with Gasteiger partial charge in [-0.05, 0) is 57.1 Å². The molecule has 1 unspecified atom stereocenters. The van der Waals surface area contributed by atoms with Crippen LogP contribution in [0.2, 0.25) is 0 Å². The predicted octanol–water partition coefficient (Wildman–Crippen LogP) is 4.12. The van der Waals surface area contributed by atoms with Crippen molar-refractivity contribution in [2.75, 3.05) is 6.54 Å². The highest BCUT2D eigenvalue weighted by Gasteiger charge is 2.43. The van der Waals surface area contributed by atoms with E-state index in [1.807, 2.05) is 19.1 Å². The summed E-state index contributed by atoms with van der Waals surface area (Å²) in [6, 6.07) is 7.38. The number of nitrogens with zero attached hydrogens (tertiary/aromatic N) is 1. The van der Waals surface area contributed by atoms with Crippen LogP contribution in [-0.2, 0) is 10.0 Å². The maximum atomic E-state index is 13.1. The summed E-state index contributed by atoms with van der Waals surface area (Å²) >= 11 is 0. The molecule has 0 radical (unpaired) electrons. The fraction of sp³-hybridized carbons (Fsp3) is 0.667. The summed E-state index contributed by atoms with van der Waals surface area (Å²) in [7, 11) is -3.37. The van der Waals surface area contributed by atoms with E-state index in [1.54, 1.807) is 16.4 Å². The molecule has 1 heterocycles. The lowest BCUT2D eigenvalue weighted by Crippen LogP contribution is -2.50. The Kier molecular flexibility index (Phi) is 4.34. The Hall–Kier alpha value is -0.870. The fourth-order valence-corrected chi connectivity index (χ4v) is 5.88. The van der Waals surface area contributed by atoms with E-state index in [4.69, 9.17) is 0 Å². The smallest absolute Gasteiger partial charge is 0.207 e. The molecule has 4 heteroatoms. The molecule has 3 rings (SSSR count). The highest BCUT2D eigenvalue weighted by atomic mass is 32.2. The Morgan fingerprint density at radius 1 is 1.05 bits per heavy atom. The number of sulfonamides is 1. The van der Waals surface area contributed by atoms with Crippen molar-refractivity contribution < 1.29 is 8.42 Å². The molecular formula is C18H27NO2S. The standard InChI is InChI=1S/C18H27NO2S/c1-15-6-8-17(9-7-15)22(20,21)19-14-18(13-10-16(19)2)11-4-3-5-12-18/h6-9,16H,3-5,10-14H2,1-2H3. The van der Waals surface area contributed by atoms with E-state index in [0.717, 1.165) is 12.0 Å². The largest absolute Gasteiger partial charge is 0.243 e. The zero-order chi connectivity index (χ0) is 15.8. The Morgan fingerprint density at radius 3 is 2.32 bits per heavy atom. The first kappa shape index (κ1) is 16.0. The van der Waals surface area contributed by atoms with E-state index in [1.165, 1.54) is 38.5 Å². The van der Waals surface area contributed by atoms with Crippen molar-refractivity contribution in [1.29, 1.82) is 0 Å². The molecule has 1 aromatic rings. The Morgan fingerprint density at radius 2 is 1.68 bits per heavy atom. The first-order valence-electron chi connectivity index (χ1n) is 8.52. The molecule has 122 valence electrons. The number of rotatable bonds is 2. The molecule has 2 aliphatic rings. The second-order valence-electron chi connectivity index (χ2n) is 7.31. The second-order valence-corrected chi connectivity index (χ2v) is 9.20. The van der Waals surface area contributed by atoms with E-state index < -0.39 is 10.0 Å². The van der Waals surface area contributed by atoms with Crippen molar-refractivity contribution in [3.8, 4) is 0 Å². The molecule has 1 aliphatic heterocycles. The molecule has 3 nitrogen and oxygen atoms in total. The molecule has 1 aromatic carbocycles. The van der Waals surface area contributed by atoms with Crippen LogP contribution < -0.4 is 0 Å². The number of piperidine rings is 1. The second kappa shape index (κ2) is 5.97. The van der Waals surface area contributed by atoms with Gasteiger partial charge in [0.1, 0.15) is 0 Å². The Bertz CT molecular complexity index is 615. The molecule has 1 saturated carbocycles. The molecule has 1 atom stereocenters. The molecule has 1 aliphatic carbocycles. The third-order valence-electron chi connectivity index (χ3n) is 5.62. The van der Waals surface area contributed by atoms with Crippen molar-refractivity contribution in [2.24, 2.45) is 5.41 Å². The summed E-state index contributed by atoms with van der Waals surface area (Å²) in [4.78, 5) is 0.442. The summed E-state index contributed by atoms with van der Waals surface area (Å²) in [5.74, 6) is 0. The van der Waals surface area contributed by atoms with Gasteiger partial charge in [0, 0.05) is 12.6 Å². The normalized spacial score (nSPS) is 26.2. The zero-order valence-corrected chi connectivity index (χ0v) is 14.5. The average Bonchev–Trinajstić information content (AvgIpc) is 2.51. The predicted molar refractivity (Wildman–Crippen MR) is 89.3 cm³/mol. The van der Waals surface area contributed by atoms with Gasteiger partial charge in [-0.15, -0.1) is 0 Å². The van der Waals surface area contributed by atoms with Gasteiger partial charge in [-0.2, -0.15) is 4.31 Å². The lowest BCUT2D eigenvalue weighted by molar-refractivity contribution is 0.0706. The third kappa shape index (κ3) is 2.95. The van der Waals surface area contributed by atoms with Gasteiger partial charge in [-0.3, -0.25) is 0 Å². The molecular weight excluding hydrogens is 294 g/mol. The first-order valence-corrected chi connectivity index (χ1v) is 9.96. The van der Waals surface area contributed by atoms with Gasteiger partial charge in [0.2, 0.25) is 10.0 Å². The molecule has 0 aromatic heterocycles. The van der Waals surface area contributed by atoms with E-state index >= 15 is 0 Å². The quantitative estimate of drug-likeness (QED) is 0.821. The van der Waals surface area contributed by atoms with Crippen molar-refractivity contribution in [3.05, 3.63) is 29.8 Å². The summed E-state index contributed by atoms with van der Waals surface area (Å²) < 4.78 is 27.9. The van der Waals surface area contributed by atoms with Crippen LogP contribution in [0.3, 0.4) is 0 Å². The van der Waals surface area contributed by atoms with Crippen LogP contribution in [0, 0.1) is 12.3 Å². The van der Waals surface area contributed by atoms with Crippen LogP contribution in [0.25, 0.3) is 0 Å². The minimum absolute atomic E-state index is 0.110. The molecule has 2 fully saturated rings. The van der Waals surface area contributed by atoms with Gasteiger partial charge in [-0.25, -0.2) is 8.42 Å².